The molecule has 2 unspecified atom stereocenters. The van der Waals surface area contributed by atoms with Gasteiger partial charge in [0.2, 0.25) is 0 Å². The van der Waals surface area contributed by atoms with Gasteiger partial charge in [0.05, 0.1) is 6.04 Å². The highest BCUT2D eigenvalue weighted by molar-refractivity contribution is 6.30. The van der Waals surface area contributed by atoms with Crippen LogP contribution in [0.3, 0.4) is 0 Å². The average Bonchev–Trinajstić information content (AvgIpc) is 2.91. The van der Waals surface area contributed by atoms with Crippen LogP contribution in [0.25, 0.3) is 0 Å². The van der Waals surface area contributed by atoms with E-state index in [1.54, 1.807) is 0 Å². The smallest absolute Gasteiger partial charge is 0.410 e. The van der Waals surface area contributed by atoms with Crippen molar-refractivity contribution >= 4 is 23.5 Å². The summed E-state index contributed by atoms with van der Waals surface area (Å²) in [6.07, 6.45) is 1.89. The summed E-state index contributed by atoms with van der Waals surface area (Å²) in [6, 6.07) is 2.24. The molecule has 0 saturated carbocycles. The number of carbonyl (C=O) groups is 1. The standard InChI is InChI=1S/C17H25ClN4O2/c1-11-9-14(19-20-15(11)18)22-8-6-12-5-7-21(10-13(12)22)16(23)24-17(2,3)4/h9,12-13H,5-8,10H2,1-4H3. The largest absolute Gasteiger partial charge is 0.444 e. The minimum Gasteiger partial charge on any atom is -0.444 e. The van der Waals surface area contributed by atoms with Crippen LogP contribution in [0, 0.1) is 12.8 Å². The van der Waals surface area contributed by atoms with Gasteiger partial charge in [-0.3, -0.25) is 0 Å². The maximum Gasteiger partial charge on any atom is 0.410 e. The van der Waals surface area contributed by atoms with E-state index in [0.717, 1.165) is 37.3 Å². The van der Waals surface area contributed by atoms with Crippen LogP contribution in [-0.2, 0) is 4.74 Å². The molecule has 1 amide bonds. The predicted molar refractivity (Wildman–Crippen MR) is 93.4 cm³/mol. The molecule has 0 aromatic carbocycles. The van der Waals surface area contributed by atoms with Gasteiger partial charge < -0.3 is 14.5 Å². The van der Waals surface area contributed by atoms with Gasteiger partial charge in [0.15, 0.2) is 11.0 Å². The normalized spacial score (nSPS) is 24.0. The summed E-state index contributed by atoms with van der Waals surface area (Å²) in [5, 5.41) is 8.72. The van der Waals surface area contributed by atoms with Crippen LogP contribution in [0.2, 0.25) is 5.15 Å². The van der Waals surface area contributed by atoms with Gasteiger partial charge in [-0.05, 0) is 58.1 Å². The summed E-state index contributed by atoms with van der Waals surface area (Å²) in [6.45, 7) is 9.98. The Kier molecular flexibility index (Phi) is 4.60. The number of anilines is 1. The molecule has 3 heterocycles. The van der Waals surface area contributed by atoms with Crippen molar-refractivity contribution < 1.29 is 9.53 Å². The zero-order chi connectivity index (χ0) is 17.5. The maximum absolute atomic E-state index is 12.4. The lowest BCUT2D eigenvalue weighted by molar-refractivity contribution is 0.0173. The van der Waals surface area contributed by atoms with Gasteiger partial charge in [-0.15, -0.1) is 10.2 Å². The number of aryl methyl sites for hydroxylation is 1. The third kappa shape index (κ3) is 3.58. The second-order valence-electron chi connectivity index (χ2n) is 7.70. The Morgan fingerprint density at radius 1 is 1.29 bits per heavy atom. The molecule has 24 heavy (non-hydrogen) atoms. The number of nitrogens with zero attached hydrogens (tertiary/aromatic N) is 4. The molecular weight excluding hydrogens is 328 g/mol. The van der Waals surface area contributed by atoms with Gasteiger partial charge in [0.1, 0.15) is 5.60 Å². The number of halogens is 1. The first-order valence-electron chi connectivity index (χ1n) is 8.49. The van der Waals surface area contributed by atoms with E-state index in [0.29, 0.717) is 17.6 Å². The Hall–Kier alpha value is -1.56. The van der Waals surface area contributed by atoms with E-state index >= 15 is 0 Å². The zero-order valence-corrected chi connectivity index (χ0v) is 15.5. The first-order valence-corrected chi connectivity index (χ1v) is 8.87. The SMILES string of the molecule is Cc1cc(N2CCC3CCN(C(=O)OC(C)(C)C)CC32)nnc1Cl. The molecule has 132 valence electrons. The second kappa shape index (κ2) is 6.39. The molecule has 6 nitrogen and oxygen atoms in total. The highest BCUT2D eigenvalue weighted by atomic mass is 35.5. The van der Waals surface area contributed by atoms with E-state index in [-0.39, 0.29) is 12.1 Å². The van der Waals surface area contributed by atoms with Crippen LogP contribution in [0.5, 0.6) is 0 Å². The highest BCUT2D eigenvalue weighted by Gasteiger charge is 2.41. The van der Waals surface area contributed by atoms with E-state index in [1.807, 2.05) is 38.7 Å². The fourth-order valence-corrected chi connectivity index (χ4v) is 3.61. The third-order valence-electron chi connectivity index (χ3n) is 4.72. The number of rotatable bonds is 1. The first-order chi connectivity index (χ1) is 11.2. The van der Waals surface area contributed by atoms with Crippen molar-refractivity contribution in [2.75, 3.05) is 24.5 Å². The lowest BCUT2D eigenvalue weighted by Gasteiger charge is -2.39. The zero-order valence-electron chi connectivity index (χ0n) is 14.8. The molecule has 0 spiro atoms. The Balaban J connectivity index is 1.74. The molecule has 1 aromatic heterocycles. The highest BCUT2D eigenvalue weighted by Crippen LogP contribution is 2.35. The molecule has 0 N–H and O–H groups in total. The molecule has 0 radical (unpaired) electrons. The number of hydrogen-bond acceptors (Lipinski definition) is 5. The van der Waals surface area contributed by atoms with Crippen molar-refractivity contribution in [3.63, 3.8) is 0 Å². The lowest BCUT2D eigenvalue weighted by atomic mass is 9.92. The Bertz CT molecular complexity index is 632. The molecule has 0 bridgehead atoms. The molecule has 2 saturated heterocycles. The summed E-state index contributed by atoms with van der Waals surface area (Å²) in [5.41, 5.74) is 0.451. The number of aromatic nitrogens is 2. The molecule has 2 atom stereocenters. The van der Waals surface area contributed by atoms with Crippen molar-refractivity contribution in [2.45, 2.75) is 52.2 Å². The lowest BCUT2D eigenvalue weighted by Crippen LogP contribution is -2.51. The van der Waals surface area contributed by atoms with Gasteiger partial charge in [0.25, 0.3) is 0 Å². The molecule has 1 aromatic rings. The van der Waals surface area contributed by atoms with Gasteiger partial charge in [-0.1, -0.05) is 11.6 Å². The summed E-state index contributed by atoms with van der Waals surface area (Å²) in [4.78, 5) is 16.5. The van der Waals surface area contributed by atoms with Crippen LogP contribution in [0.15, 0.2) is 6.07 Å². The van der Waals surface area contributed by atoms with Crippen molar-refractivity contribution in [3.8, 4) is 0 Å². The van der Waals surface area contributed by atoms with E-state index in [4.69, 9.17) is 16.3 Å². The predicted octanol–water partition coefficient (Wildman–Crippen LogP) is 3.27. The van der Waals surface area contributed by atoms with E-state index in [9.17, 15) is 4.79 Å². The fraction of sp³-hybridized carbons (Fsp3) is 0.706. The van der Waals surface area contributed by atoms with Crippen molar-refractivity contribution in [3.05, 3.63) is 16.8 Å². The van der Waals surface area contributed by atoms with Gasteiger partial charge >= 0.3 is 6.09 Å². The summed E-state index contributed by atoms with van der Waals surface area (Å²) in [5.74, 6) is 1.43. The second-order valence-corrected chi connectivity index (χ2v) is 8.06. The Morgan fingerprint density at radius 2 is 2.00 bits per heavy atom. The van der Waals surface area contributed by atoms with Crippen LogP contribution in [0.4, 0.5) is 10.6 Å². The molecule has 2 aliphatic rings. The van der Waals surface area contributed by atoms with Crippen LogP contribution in [-0.4, -0.2) is 52.5 Å². The monoisotopic (exact) mass is 352 g/mol. The molecule has 7 heteroatoms. The fourth-order valence-electron chi connectivity index (χ4n) is 3.51. The van der Waals surface area contributed by atoms with E-state index in [2.05, 4.69) is 15.1 Å². The number of piperidine rings is 1. The number of ether oxygens (including phenoxy) is 1. The summed E-state index contributed by atoms with van der Waals surface area (Å²) in [7, 11) is 0. The Labute approximate surface area is 148 Å². The molecule has 2 aliphatic heterocycles. The minimum atomic E-state index is -0.470. The molecule has 3 rings (SSSR count). The number of fused-ring (bicyclic) bond motifs is 1. The van der Waals surface area contributed by atoms with Gasteiger partial charge in [0, 0.05) is 19.6 Å². The van der Waals surface area contributed by atoms with Crippen molar-refractivity contribution in [1.29, 1.82) is 0 Å². The molecular formula is C17H25ClN4O2. The van der Waals surface area contributed by atoms with Crippen LogP contribution >= 0.6 is 11.6 Å². The van der Waals surface area contributed by atoms with Gasteiger partial charge in [-0.25, -0.2) is 4.79 Å². The Morgan fingerprint density at radius 3 is 2.67 bits per heavy atom. The van der Waals surface area contributed by atoms with Gasteiger partial charge in [-0.2, -0.15) is 0 Å². The minimum absolute atomic E-state index is 0.230. The van der Waals surface area contributed by atoms with Crippen LogP contribution in [0.1, 0.15) is 39.2 Å². The van der Waals surface area contributed by atoms with E-state index in [1.165, 1.54) is 0 Å². The average molecular weight is 353 g/mol. The third-order valence-corrected chi connectivity index (χ3v) is 5.09. The quantitative estimate of drug-likeness (QED) is 0.776. The summed E-state index contributed by atoms with van der Waals surface area (Å²) >= 11 is 5.99. The topological polar surface area (TPSA) is 58.6 Å². The first kappa shape index (κ1) is 17.3. The van der Waals surface area contributed by atoms with Crippen molar-refractivity contribution in [2.24, 2.45) is 5.92 Å². The number of amides is 1. The van der Waals surface area contributed by atoms with Crippen molar-refractivity contribution in [1.82, 2.24) is 15.1 Å². The van der Waals surface area contributed by atoms with Crippen LogP contribution < -0.4 is 4.90 Å². The molecule has 0 aliphatic carbocycles. The molecule has 2 fully saturated rings. The number of hydrogen-bond donors (Lipinski definition) is 0. The van der Waals surface area contributed by atoms with E-state index < -0.39 is 5.60 Å². The number of likely N-dealkylation sites (tertiary alicyclic amines) is 1. The number of carbonyl (C=O) groups excluding carboxylic acids is 1. The summed E-state index contributed by atoms with van der Waals surface area (Å²) < 4.78 is 5.52. The maximum atomic E-state index is 12.4.